The van der Waals surface area contributed by atoms with Crippen molar-refractivity contribution >= 4 is 15.9 Å². The molecule has 0 radical (unpaired) electrons. The Bertz CT molecular complexity index is 728. The molecular weight excluding hydrogens is 328 g/mol. The lowest BCUT2D eigenvalue weighted by Gasteiger charge is -2.29. The summed E-state index contributed by atoms with van der Waals surface area (Å²) in [5.74, 6) is 0.211. The van der Waals surface area contributed by atoms with E-state index in [9.17, 15) is 13.2 Å². The molecule has 0 spiro atoms. The van der Waals surface area contributed by atoms with Gasteiger partial charge in [0.05, 0.1) is 0 Å². The molecule has 2 atom stereocenters. The molecule has 2 saturated heterocycles. The third kappa shape index (κ3) is 3.22. The van der Waals surface area contributed by atoms with Gasteiger partial charge in [0.15, 0.2) is 0 Å². The topological polar surface area (TPSA) is 88.6 Å². The number of hydrogen-bond donors (Lipinski definition) is 1. The molecular formula is C16H26N4O3S. The smallest absolute Gasteiger partial charge is 0.270 e. The van der Waals surface area contributed by atoms with Gasteiger partial charge in [-0.1, -0.05) is 6.92 Å². The summed E-state index contributed by atoms with van der Waals surface area (Å²) < 4.78 is 28.9. The number of hydrogen-bond acceptors (Lipinski definition) is 4. The molecule has 134 valence electrons. The van der Waals surface area contributed by atoms with Crippen LogP contribution in [-0.2, 0) is 17.1 Å². The summed E-state index contributed by atoms with van der Waals surface area (Å²) in [5, 5.41) is 0. The van der Waals surface area contributed by atoms with Crippen molar-refractivity contribution in [1.82, 2.24) is 13.8 Å². The zero-order valence-electron chi connectivity index (χ0n) is 14.3. The van der Waals surface area contributed by atoms with Gasteiger partial charge in [-0.2, -0.15) is 4.31 Å². The second-order valence-electron chi connectivity index (χ2n) is 7.08. The minimum Gasteiger partial charge on any atom is -0.345 e. The lowest BCUT2D eigenvalue weighted by Crippen LogP contribution is -2.38. The maximum absolute atomic E-state index is 12.9. The summed E-state index contributed by atoms with van der Waals surface area (Å²) in [5.41, 5.74) is 6.26. The van der Waals surface area contributed by atoms with Crippen LogP contribution in [0.25, 0.3) is 0 Å². The molecule has 7 nitrogen and oxygen atoms in total. The third-order valence-corrected chi connectivity index (χ3v) is 6.80. The number of nitrogens with two attached hydrogens (primary N) is 1. The minimum atomic E-state index is -3.55. The van der Waals surface area contributed by atoms with Crippen molar-refractivity contribution in [1.29, 1.82) is 0 Å². The van der Waals surface area contributed by atoms with Gasteiger partial charge in [0.2, 0.25) is 10.0 Å². The number of carbonyl (C=O) groups is 1. The monoisotopic (exact) mass is 354 g/mol. The van der Waals surface area contributed by atoms with Crippen molar-refractivity contribution in [3.63, 3.8) is 0 Å². The van der Waals surface area contributed by atoms with Crippen molar-refractivity contribution in [2.45, 2.75) is 37.1 Å². The SMILES string of the molecule is CC1CCCN(S(=O)(=O)c2cc(C(=O)N3CC[C@@H](N)C3)n(C)c2)C1. The van der Waals surface area contributed by atoms with Gasteiger partial charge in [0.25, 0.3) is 5.91 Å². The molecule has 1 aromatic heterocycles. The molecule has 24 heavy (non-hydrogen) atoms. The predicted octanol–water partition coefficient (Wildman–Crippen LogP) is 0.619. The summed E-state index contributed by atoms with van der Waals surface area (Å²) >= 11 is 0. The molecule has 8 heteroatoms. The molecule has 0 bridgehead atoms. The van der Waals surface area contributed by atoms with E-state index in [1.54, 1.807) is 16.5 Å². The zero-order valence-corrected chi connectivity index (χ0v) is 15.1. The number of carbonyl (C=O) groups excluding carboxylic acids is 1. The molecule has 1 amide bonds. The van der Waals surface area contributed by atoms with Gasteiger partial charge in [0, 0.05) is 45.5 Å². The summed E-state index contributed by atoms with van der Waals surface area (Å²) in [4.78, 5) is 14.5. The van der Waals surface area contributed by atoms with Crippen molar-refractivity contribution in [3.8, 4) is 0 Å². The lowest BCUT2D eigenvalue weighted by atomic mass is 10.0. The van der Waals surface area contributed by atoms with Gasteiger partial charge in [-0.05, 0) is 31.2 Å². The number of nitrogens with zero attached hydrogens (tertiary/aromatic N) is 3. The highest BCUT2D eigenvalue weighted by Crippen LogP contribution is 2.25. The first-order chi connectivity index (χ1) is 11.3. The molecule has 1 unspecified atom stereocenters. The van der Waals surface area contributed by atoms with E-state index >= 15 is 0 Å². The van der Waals surface area contributed by atoms with Gasteiger partial charge in [0.1, 0.15) is 10.6 Å². The third-order valence-electron chi connectivity index (χ3n) is 4.97. The Kier molecular flexibility index (Phi) is 4.72. The highest BCUT2D eigenvalue weighted by atomic mass is 32.2. The first-order valence-electron chi connectivity index (χ1n) is 8.50. The van der Waals surface area contributed by atoms with E-state index in [1.807, 2.05) is 0 Å². The van der Waals surface area contributed by atoms with E-state index in [0.29, 0.717) is 37.8 Å². The average molecular weight is 354 g/mol. The quantitative estimate of drug-likeness (QED) is 0.862. The molecule has 3 heterocycles. The van der Waals surface area contributed by atoms with E-state index in [0.717, 1.165) is 19.3 Å². The van der Waals surface area contributed by atoms with E-state index in [2.05, 4.69) is 6.92 Å². The molecule has 3 rings (SSSR count). The van der Waals surface area contributed by atoms with Crippen LogP contribution >= 0.6 is 0 Å². The van der Waals surface area contributed by atoms with Gasteiger partial charge in [-0.15, -0.1) is 0 Å². The van der Waals surface area contributed by atoms with Crippen LogP contribution in [0.3, 0.4) is 0 Å². The molecule has 0 aromatic carbocycles. The average Bonchev–Trinajstić information content (AvgIpc) is 3.13. The maximum atomic E-state index is 12.9. The Morgan fingerprint density at radius 1 is 1.25 bits per heavy atom. The molecule has 2 aliphatic heterocycles. The second-order valence-corrected chi connectivity index (χ2v) is 9.02. The fourth-order valence-corrected chi connectivity index (χ4v) is 5.21. The molecule has 2 N–H and O–H groups in total. The number of amides is 1. The minimum absolute atomic E-state index is 0.00672. The van der Waals surface area contributed by atoms with E-state index in [1.165, 1.54) is 16.6 Å². The van der Waals surface area contributed by atoms with Gasteiger partial charge >= 0.3 is 0 Å². The van der Waals surface area contributed by atoms with Crippen molar-refractivity contribution in [3.05, 3.63) is 18.0 Å². The number of sulfonamides is 1. The van der Waals surface area contributed by atoms with E-state index < -0.39 is 10.0 Å². The fourth-order valence-electron chi connectivity index (χ4n) is 3.54. The number of aryl methyl sites for hydroxylation is 1. The maximum Gasteiger partial charge on any atom is 0.270 e. The predicted molar refractivity (Wildman–Crippen MR) is 91.1 cm³/mol. The van der Waals surface area contributed by atoms with Crippen LogP contribution in [0, 0.1) is 5.92 Å². The Hall–Kier alpha value is -1.38. The van der Waals surface area contributed by atoms with Crippen molar-refractivity contribution < 1.29 is 13.2 Å². The standard InChI is InChI=1S/C16H26N4O3S/c1-12-4-3-6-20(9-12)24(22,23)14-8-15(18(2)11-14)16(21)19-7-5-13(17)10-19/h8,11-13H,3-7,9-10,17H2,1-2H3/t12?,13-/m1/s1. The summed E-state index contributed by atoms with van der Waals surface area (Å²) in [6, 6.07) is 1.51. The Balaban J connectivity index is 1.84. The summed E-state index contributed by atoms with van der Waals surface area (Å²) in [6.07, 6.45) is 4.26. The number of rotatable bonds is 3. The van der Waals surface area contributed by atoms with Crippen LogP contribution in [0.5, 0.6) is 0 Å². The number of aromatic nitrogens is 1. The van der Waals surface area contributed by atoms with Crippen molar-refractivity contribution in [2.75, 3.05) is 26.2 Å². The molecule has 2 aliphatic rings. The Labute approximate surface area is 143 Å². The second kappa shape index (κ2) is 6.50. The normalized spacial score (nSPS) is 26.0. The molecule has 0 aliphatic carbocycles. The van der Waals surface area contributed by atoms with Crippen LogP contribution in [-0.4, -0.2) is 60.3 Å². The van der Waals surface area contributed by atoms with E-state index in [4.69, 9.17) is 5.73 Å². The fraction of sp³-hybridized carbons (Fsp3) is 0.688. The van der Waals surface area contributed by atoms with Crippen molar-refractivity contribution in [2.24, 2.45) is 18.7 Å². The van der Waals surface area contributed by atoms with Crippen LogP contribution in [0.1, 0.15) is 36.7 Å². The molecule has 2 fully saturated rings. The van der Waals surface area contributed by atoms with Gasteiger partial charge in [-0.25, -0.2) is 8.42 Å². The highest BCUT2D eigenvalue weighted by molar-refractivity contribution is 7.89. The largest absolute Gasteiger partial charge is 0.345 e. The molecule has 0 saturated carbocycles. The Morgan fingerprint density at radius 2 is 2.00 bits per heavy atom. The zero-order chi connectivity index (χ0) is 17.5. The summed E-state index contributed by atoms with van der Waals surface area (Å²) in [7, 11) is -1.84. The van der Waals surface area contributed by atoms with Crippen LogP contribution in [0.4, 0.5) is 0 Å². The van der Waals surface area contributed by atoms with Gasteiger partial charge in [-0.3, -0.25) is 4.79 Å². The van der Waals surface area contributed by atoms with Crippen LogP contribution in [0.15, 0.2) is 17.2 Å². The first kappa shape index (κ1) is 17.4. The number of piperidine rings is 1. The lowest BCUT2D eigenvalue weighted by molar-refractivity contribution is 0.0781. The number of likely N-dealkylation sites (tertiary alicyclic amines) is 1. The molecule has 1 aromatic rings. The first-order valence-corrected chi connectivity index (χ1v) is 9.94. The highest BCUT2D eigenvalue weighted by Gasteiger charge is 2.32. The van der Waals surface area contributed by atoms with Gasteiger partial charge < -0.3 is 15.2 Å². The summed E-state index contributed by atoms with van der Waals surface area (Å²) in [6.45, 7) is 4.30. The Morgan fingerprint density at radius 3 is 2.62 bits per heavy atom. The van der Waals surface area contributed by atoms with Crippen LogP contribution in [0.2, 0.25) is 0 Å². The van der Waals surface area contributed by atoms with Crippen LogP contribution < -0.4 is 5.73 Å². The van der Waals surface area contributed by atoms with E-state index in [-0.39, 0.29) is 16.8 Å².